The predicted molar refractivity (Wildman–Crippen MR) is 73.9 cm³/mol. The molecule has 1 nitrogen and oxygen atoms in total. The Labute approximate surface area is 113 Å². The molecule has 1 heterocycles. The van der Waals surface area contributed by atoms with Crippen LogP contribution < -0.4 is 0 Å². The van der Waals surface area contributed by atoms with Crippen molar-refractivity contribution in [2.45, 2.75) is 19.3 Å². The first-order valence-corrected chi connectivity index (χ1v) is 7.32. The Morgan fingerprint density at radius 3 is 2.71 bits per heavy atom. The second kappa shape index (κ2) is 4.39. The highest BCUT2D eigenvalue weighted by Gasteiger charge is 2.15. The van der Waals surface area contributed by atoms with Crippen LogP contribution in [0.25, 0.3) is 0 Å². The lowest BCUT2D eigenvalue weighted by atomic mass is 10.0. The Bertz CT molecular complexity index is 586. The number of hydrogen-bond donors (Lipinski definition) is 0. The van der Waals surface area contributed by atoms with Crippen LogP contribution in [0.15, 0.2) is 33.4 Å². The van der Waals surface area contributed by atoms with E-state index in [4.69, 9.17) is 0 Å². The van der Waals surface area contributed by atoms with Gasteiger partial charge < -0.3 is 0 Å². The molecule has 0 spiro atoms. The summed E-state index contributed by atoms with van der Waals surface area (Å²) in [7, 11) is 0. The van der Waals surface area contributed by atoms with Crippen molar-refractivity contribution in [1.29, 1.82) is 0 Å². The fraction of sp³-hybridized carbons (Fsp3) is 0.214. The lowest BCUT2D eigenvalue weighted by Crippen LogP contribution is -2.00. The monoisotopic (exact) mass is 306 g/mol. The first-order chi connectivity index (χ1) is 8.24. The molecular formula is C14H11BrOS. The van der Waals surface area contributed by atoms with Gasteiger partial charge in [0.15, 0.2) is 5.78 Å². The molecule has 0 radical (unpaired) electrons. The van der Waals surface area contributed by atoms with Crippen molar-refractivity contribution in [3.8, 4) is 0 Å². The quantitative estimate of drug-likeness (QED) is 0.759. The molecule has 86 valence electrons. The van der Waals surface area contributed by atoms with Gasteiger partial charge in [0.1, 0.15) is 0 Å². The van der Waals surface area contributed by atoms with Crippen LogP contribution in [0, 0.1) is 0 Å². The van der Waals surface area contributed by atoms with E-state index >= 15 is 0 Å². The van der Waals surface area contributed by atoms with E-state index in [1.54, 1.807) is 11.3 Å². The summed E-state index contributed by atoms with van der Waals surface area (Å²) in [5.41, 5.74) is 4.36. The van der Waals surface area contributed by atoms with Gasteiger partial charge in [-0.05, 0) is 58.5 Å². The zero-order valence-corrected chi connectivity index (χ0v) is 11.6. The second-order valence-electron chi connectivity index (χ2n) is 4.31. The van der Waals surface area contributed by atoms with Crippen LogP contribution in [0.4, 0.5) is 0 Å². The molecule has 0 amide bonds. The fourth-order valence-electron chi connectivity index (χ4n) is 2.31. The maximum Gasteiger partial charge on any atom is 0.193 e. The molecule has 0 unspecified atom stereocenters. The lowest BCUT2D eigenvalue weighted by Gasteiger charge is -2.02. The van der Waals surface area contributed by atoms with Gasteiger partial charge in [-0.15, -0.1) is 11.3 Å². The van der Waals surface area contributed by atoms with E-state index in [0.717, 1.165) is 27.8 Å². The molecule has 0 saturated carbocycles. The summed E-state index contributed by atoms with van der Waals surface area (Å²) >= 11 is 4.94. The van der Waals surface area contributed by atoms with Crippen molar-refractivity contribution in [3.05, 3.63) is 55.7 Å². The third kappa shape index (κ3) is 2.09. The zero-order chi connectivity index (χ0) is 11.8. The highest BCUT2D eigenvalue weighted by Crippen LogP contribution is 2.26. The average molecular weight is 307 g/mol. The molecule has 0 atom stereocenters. The molecule has 1 aromatic carbocycles. The number of thiophene rings is 1. The Hall–Kier alpha value is -0.930. The topological polar surface area (TPSA) is 17.1 Å². The Kier molecular flexibility index (Phi) is 2.89. The third-order valence-corrected chi connectivity index (χ3v) is 4.69. The number of ketones is 1. The van der Waals surface area contributed by atoms with Crippen LogP contribution in [-0.4, -0.2) is 5.78 Å². The molecule has 3 heteroatoms. The smallest absolute Gasteiger partial charge is 0.193 e. The number of aryl methyl sites for hydroxylation is 2. The van der Waals surface area contributed by atoms with Gasteiger partial charge in [0.2, 0.25) is 0 Å². The minimum atomic E-state index is 0.127. The summed E-state index contributed by atoms with van der Waals surface area (Å²) in [6.07, 6.45) is 3.49. The van der Waals surface area contributed by atoms with Gasteiger partial charge in [0, 0.05) is 16.5 Å². The molecule has 1 aliphatic carbocycles. The van der Waals surface area contributed by atoms with Gasteiger partial charge in [-0.2, -0.15) is 0 Å². The van der Waals surface area contributed by atoms with Gasteiger partial charge in [-0.25, -0.2) is 0 Å². The van der Waals surface area contributed by atoms with E-state index in [2.05, 4.69) is 28.1 Å². The summed E-state index contributed by atoms with van der Waals surface area (Å²) in [5, 5.41) is 1.90. The van der Waals surface area contributed by atoms with E-state index in [-0.39, 0.29) is 5.78 Å². The third-order valence-electron chi connectivity index (χ3n) is 3.19. The van der Waals surface area contributed by atoms with Crippen molar-refractivity contribution in [2.24, 2.45) is 0 Å². The van der Waals surface area contributed by atoms with Crippen LogP contribution in [0.3, 0.4) is 0 Å². The highest BCUT2D eigenvalue weighted by atomic mass is 79.9. The summed E-state index contributed by atoms with van der Waals surface area (Å²) < 4.78 is 1.00. The van der Waals surface area contributed by atoms with E-state index in [1.807, 2.05) is 17.5 Å². The fourth-order valence-corrected chi connectivity index (χ4v) is 3.45. The number of carbonyl (C=O) groups excluding carboxylic acids is 1. The van der Waals surface area contributed by atoms with Gasteiger partial charge >= 0.3 is 0 Å². The second-order valence-corrected chi connectivity index (χ2v) is 6.60. The van der Waals surface area contributed by atoms with Crippen LogP contribution in [-0.2, 0) is 12.8 Å². The van der Waals surface area contributed by atoms with Gasteiger partial charge in [0.25, 0.3) is 0 Å². The number of benzene rings is 1. The highest BCUT2D eigenvalue weighted by molar-refractivity contribution is 9.11. The number of hydrogen-bond acceptors (Lipinski definition) is 2. The van der Waals surface area contributed by atoms with Gasteiger partial charge in [0.05, 0.1) is 3.79 Å². The molecular weight excluding hydrogens is 296 g/mol. The van der Waals surface area contributed by atoms with Crippen molar-refractivity contribution in [3.63, 3.8) is 0 Å². The number of fused-ring (bicyclic) bond motifs is 1. The summed E-state index contributed by atoms with van der Waals surface area (Å²) in [6.45, 7) is 0. The number of rotatable bonds is 2. The molecule has 0 saturated heterocycles. The maximum atomic E-state index is 12.2. The van der Waals surface area contributed by atoms with Crippen LogP contribution in [0.2, 0.25) is 0 Å². The molecule has 0 fully saturated rings. The predicted octanol–water partition coefficient (Wildman–Crippen LogP) is 4.23. The molecule has 0 bridgehead atoms. The Balaban J connectivity index is 1.97. The minimum absolute atomic E-state index is 0.127. The molecule has 3 rings (SSSR count). The van der Waals surface area contributed by atoms with Crippen molar-refractivity contribution < 1.29 is 4.79 Å². The molecule has 1 aliphatic rings. The number of halogens is 1. The summed E-state index contributed by atoms with van der Waals surface area (Å²) in [5.74, 6) is 0.127. The van der Waals surface area contributed by atoms with Gasteiger partial charge in [-0.3, -0.25) is 4.79 Å². The molecule has 2 aromatic rings. The zero-order valence-electron chi connectivity index (χ0n) is 9.20. The minimum Gasteiger partial charge on any atom is -0.289 e. The molecule has 0 N–H and O–H groups in total. The van der Waals surface area contributed by atoms with E-state index in [9.17, 15) is 4.79 Å². The SMILES string of the molecule is O=C(c1csc(Br)c1)c1ccc2c(c1)CCC2. The van der Waals surface area contributed by atoms with Crippen molar-refractivity contribution in [1.82, 2.24) is 0 Å². The normalized spacial score (nSPS) is 13.7. The first kappa shape index (κ1) is 11.2. The summed E-state index contributed by atoms with van der Waals surface area (Å²) in [4.78, 5) is 12.2. The lowest BCUT2D eigenvalue weighted by molar-refractivity contribution is 0.103. The average Bonchev–Trinajstić information content (AvgIpc) is 2.95. The van der Waals surface area contributed by atoms with E-state index < -0.39 is 0 Å². The molecule has 17 heavy (non-hydrogen) atoms. The van der Waals surface area contributed by atoms with Crippen LogP contribution >= 0.6 is 27.3 Å². The number of carbonyl (C=O) groups is 1. The Morgan fingerprint density at radius 2 is 1.94 bits per heavy atom. The Morgan fingerprint density at radius 1 is 1.12 bits per heavy atom. The largest absolute Gasteiger partial charge is 0.289 e. The van der Waals surface area contributed by atoms with E-state index in [0.29, 0.717) is 0 Å². The first-order valence-electron chi connectivity index (χ1n) is 5.64. The van der Waals surface area contributed by atoms with Crippen molar-refractivity contribution in [2.75, 3.05) is 0 Å². The molecule has 1 aromatic heterocycles. The van der Waals surface area contributed by atoms with Crippen molar-refractivity contribution >= 4 is 33.0 Å². The van der Waals surface area contributed by atoms with Gasteiger partial charge in [-0.1, -0.05) is 12.1 Å². The van der Waals surface area contributed by atoms with Crippen LogP contribution in [0.1, 0.15) is 33.5 Å². The van der Waals surface area contributed by atoms with Crippen LogP contribution in [0.5, 0.6) is 0 Å². The standard InChI is InChI=1S/C14H11BrOS/c15-13-7-12(8-17-13)14(16)11-5-4-9-2-1-3-10(9)6-11/h4-8H,1-3H2. The maximum absolute atomic E-state index is 12.2. The van der Waals surface area contributed by atoms with E-state index in [1.165, 1.54) is 17.5 Å². The molecule has 0 aliphatic heterocycles. The summed E-state index contributed by atoms with van der Waals surface area (Å²) in [6, 6.07) is 8.02.